The number of ether oxygens (including phenoxy) is 1. The standard InChI is InChI=1S/C14H20N2O2/c1-3-16-10(6-9(2)15-16)7-13(17)12-8-11-4-5-14(12)18-11/h6,11-12,14H,3-5,7-8H2,1-2H3. The molecule has 1 aromatic heterocycles. The van der Waals surface area contributed by atoms with Crippen LogP contribution in [0.4, 0.5) is 0 Å². The Bertz CT molecular complexity index is 466. The summed E-state index contributed by atoms with van der Waals surface area (Å²) in [7, 11) is 0. The highest BCUT2D eigenvalue weighted by atomic mass is 16.5. The summed E-state index contributed by atoms with van der Waals surface area (Å²) in [6.07, 6.45) is 4.19. The van der Waals surface area contributed by atoms with Gasteiger partial charge in [0.25, 0.3) is 0 Å². The van der Waals surface area contributed by atoms with E-state index in [-0.39, 0.29) is 12.0 Å². The molecular formula is C14H20N2O2. The van der Waals surface area contributed by atoms with Crippen molar-refractivity contribution in [2.45, 2.75) is 58.3 Å². The predicted molar refractivity (Wildman–Crippen MR) is 67.4 cm³/mol. The molecule has 4 nitrogen and oxygen atoms in total. The van der Waals surface area contributed by atoms with Crippen molar-refractivity contribution in [1.29, 1.82) is 0 Å². The molecule has 2 saturated heterocycles. The molecule has 0 aliphatic carbocycles. The van der Waals surface area contributed by atoms with Crippen LogP contribution in [0.5, 0.6) is 0 Å². The van der Waals surface area contributed by atoms with Crippen LogP contribution in [0.2, 0.25) is 0 Å². The van der Waals surface area contributed by atoms with E-state index in [1.165, 1.54) is 0 Å². The van der Waals surface area contributed by atoms with E-state index in [4.69, 9.17) is 4.74 Å². The fourth-order valence-electron chi connectivity index (χ4n) is 3.30. The van der Waals surface area contributed by atoms with Gasteiger partial charge in [0.2, 0.25) is 0 Å². The summed E-state index contributed by atoms with van der Waals surface area (Å²) >= 11 is 0. The largest absolute Gasteiger partial charge is 0.374 e. The number of fused-ring (bicyclic) bond motifs is 2. The molecule has 2 bridgehead atoms. The van der Waals surface area contributed by atoms with Crippen molar-refractivity contribution < 1.29 is 9.53 Å². The van der Waals surface area contributed by atoms with Crippen LogP contribution in [0.3, 0.4) is 0 Å². The maximum atomic E-state index is 12.4. The van der Waals surface area contributed by atoms with Gasteiger partial charge in [-0.1, -0.05) is 0 Å². The van der Waals surface area contributed by atoms with Crippen molar-refractivity contribution in [2.75, 3.05) is 0 Å². The Kier molecular flexibility index (Phi) is 2.98. The molecule has 2 fully saturated rings. The summed E-state index contributed by atoms with van der Waals surface area (Å²) in [6.45, 7) is 4.85. The van der Waals surface area contributed by atoms with Crippen LogP contribution in [0.15, 0.2) is 6.07 Å². The van der Waals surface area contributed by atoms with Gasteiger partial charge in [-0.2, -0.15) is 5.10 Å². The zero-order valence-corrected chi connectivity index (χ0v) is 11.1. The zero-order chi connectivity index (χ0) is 12.7. The summed E-state index contributed by atoms with van der Waals surface area (Å²) in [5.41, 5.74) is 2.03. The number of aryl methyl sites for hydroxylation is 2. The molecule has 0 amide bonds. The van der Waals surface area contributed by atoms with Crippen LogP contribution >= 0.6 is 0 Å². The number of nitrogens with zero attached hydrogens (tertiary/aromatic N) is 2. The fraction of sp³-hybridized carbons (Fsp3) is 0.714. The number of aromatic nitrogens is 2. The number of hydrogen-bond donors (Lipinski definition) is 0. The van der Waals surface area contributed by atoms with Crippen LogP contribution in [-0.4, -0.2) is 27.8 Å². The minimum atomic E-state index is 0.129. The van der Waals surface area contributed by atoms with Gasteiger partial charge in [0.1, 0.15) is 5.78 Å². The minimum Gasteiger partial charge on any atom is -0.374 e. The first kappa shape index (κ1) is 11.9. The van der Waals surface area contributed by atoms with E-state index < -0.39 is 0 Å². The number of rotatable bonds is 4. The lowest BCUT2D eigenvalue weighted by Crippen LogP contribution is -2.27. The number of carbonyl (C=O) groups is 1. The highest BCUT2D eigenvalue weighted by Crippen LogP contribution is 2.39. The third-order valence-corrected chi connectivity index (χ3v) is 4.16. The molecule has 3 atom stereocenters. The molecule has 0 N–H and O–H groups in total. The lowest BCUT2D eigenvalue weighted by Gasteiger charge is -2.17. The van der Waals surface area contributed by atoms with E-state index in [9.17, 15) is 4.79 Å². The number of hydrogen-bond acceptors (Lipinski definition) is 3. The molecule has 0 saturated carbocycles. The van der Waals surface area contributed by atoms with E-state index >= 15 is 0 Å². The van der Waals surface area contributed by atoms with Crippen LogP contribution < -0.4 is 0 Å². The van der Waals surface area contributed by atoms with Gasteiger partial charge in [-0.15, -0.1) is 0 Å². The molecule has 2 aliphatic heterocycles. The Morgan fingerprint density at radius 2 is 2.39 bits per heavy atom. The predicted octanol–water partition coefficient (Wildman–Crippen LogP) is 1.89. The Hall–Kier alpha value is -1.16. The highest BCUT2D eigenvalue weighted by Gasteiger charge is 2.44. The maximum absolute atomic E-state index is 12.4. The first-order chi connectivity index (χ1) is 8.67. The second-order valence-electron chi connectivity index (χ2n) is 5.45. The molecule has 3 heterocycles. The van der Waals surface area contributed by atoms with Gasteiger partial charge in [-0.25, -0.2) is 0 Å². The smallest absolute Gasteiger partial charge is 0.144 e. The SMILES string of the molecule is CCn1nc(C)cc1CC(=O)C1CC2CCC1O2. The summed E-state index contributed by atoms with van der Waals surface area (Å²) in [5, 5.41) is 4.39. The van der Waals surface area contributed by atoms with Crippen molar-refractivity contribution in [3.8, 4) is 0 Å². The molecule has 3 rings (SSSR count). The highest BCUT2D eigenvalue weighted by molar-refractivity contribution is 5.84. The van der Waals surface area contributed by atoms with E-state index in [2.05, 4.69) is 12.0 Å². The second-order valence-corrected chi connectivity index (χ2v) is 5.45. The summed E-state index contributed by atoms with van der Waals surface area (Å²) < 4.78 is 7.69. The van der Waals surface area contributed by atoms with Crippen molar-refractivity contribution in [1.82, 2.24) is 9.78 Å². The summed E-state index contributed by atoms with van der Waals surface area (Å²) in [4.78, 5) is 12.4. The fourth-order valence-corrected chi connectivity index (χ4v) is 3.30. The van der Waals surface area contributed by atoms with Crippen LogP contribution in [-0.2, 0) is 22.5 Å². The monoisotopic (exact) mass is 248 g/mol. The molecule has 18 heavy (non-hydrogen) atoms. The number of Topliss-reactive ketones (excluding diaryl/α,β-unsaturated/α-hetero) is 1. The van der Waals surface area contributed by atoms with Gasteiger partial charge in [0, 0.05) is 24.6 Å². The molecule has 1 aromatic rings. The van der Waals surface area contributed by atoms with Crippen molar-refractivity contribution >= 4 is 5.78 Å². The third kappa shape index (κ3) is 1.99. The van der Waals surface area contributed by atoms with Gasteiger partial charge >= 0.3 is 0 Å². The lowest BCUT2D eigenvalue weighted by atomic mass is 9.85. The number of ketones is 1. The molecule has 0 aromatic carbocycles. The van der Waals surface area contributed by atoms with E-state index in [1.54, 1.807) is 0 Å². The van der Waals surface area contributed by atoms with Crippen molar-refractivity contribution in [2.24, 2.45) is 5.92 Å². The van der Waals surface area contributed by atoms with Crippen LogP contribution in [0, 0.1) is 12.8 Å². The summed E-state index contributed by atoms with van der Waals surface area (Å²) in [6, 6.07) is 2.02. The average molecular weight is 248 g/mol. The van der Waals surface area contributed by atoms with Crippen molar-refractivity contribution in [3.63, 3.8) is 0 Å². The maximum Gasteiger partial charge on any atom is 0.144 e. The van der Waals surface area contributed by atoms with Gasteiger partial charge in [-0.05, 0) is 39.2 Å². The van der Waals surface area contributed by atoms with Gasteiger partial charge in [0.15, 0.2) is 0 Å². The van der Waals surface area contributed by atoms with Gasteiger partial charge < -0.3 is 4.74 Å². The van der Waals surface area contributed by atoms with E-state index in [0.717, 1.165) is 37.2 Å². The molecule has 2 aliphatic rings. The van der Waals surface area contributed by atoms with Crippen LogP contribution in [0.1, 0.15) is 37.6 Å². The zero-order valence-electron chi connectivity index (χ0n) is 11.1. The van der Waals surface area contributed by atoms with Crippen molar-refractivity contribution in [3.05, 3.63) is 17.5 Å². The molecule has 0 spiro atoms. The Morgan fingerprint density at radius 1 is 1.56 bits per heavy atom. The lowest BCUT2D eigenvalue weighted by molar-refractivity contribution is -0.123. The Labute approximate surface area is 107 Å². The Balaban J connectivity index is 1.70. The second kappa shape index (κ2) is 4.50. The molecular weight excluding hydrogens is 228 g/mol. The van der Waals surface area contributed by atoms with Gasteiger partial charge in [0.05, 0.1) is 17.9 Å². The first-order valence-corrected chi connectivity index (χ1v) is 6.89. The molecule has 0 radical (unpaired) electrons. The molecule has 3 unspecified atom stereocenters. The van der Waals surface area contributed by atoms with E-state index in [1.807, 2.05) is 17.7 Å². The van der Waals surface area contributed by atoms with Crippen LogP contribution in [0.25, 0.3) is 0 Å². The number of carbonyl (C=O) groups excluding carboxylic acids is 1. The molecule has 4 heteroatoms. The Morgan fingerprint density at radius 3 is 3.00 bits per heavy atom. The first-order valence-electron chi connectivity index (χ1n) is 6.89. The normalized spacial score (nSPS) is 30.0. The summed E-state index contributed by atoms with van der Waals surface area (Å²) in [5.74, 6) is 0.459. The average Bonchev–Trinajstić information content (AvgIpc) is 3.03. The molecule has 98 valence electrons. The quantitative estimate of drug-likeness (QED) is 0.817. The minimum absolute atomic E-state index is 0.129. The van der Waals surface area contributed by atoms with E-state index in [0.29, 0.717) is 18.3 Å². The van der Waals surface area contributed by atoms with Gasteiger partial charge in [-0.3, -0.25) is 9.48 Å². The third-order valence-electron chi connectivity index (χ3n) is 4.16. The topological polar surface area (TPSA) is 44.1 Å².